The summed E-state index contributed by atoms with van der Waals surface area (Å²) in [5.41, 5.74) is -1.45. The molecule has 0 saturated carbocycles. The number of methoxy groups -OCH3 is 2. The highest BCUT2D eigenvalue weighted by Gasteiger charge is 2.61. The van der Waals surface area contributed by atoms with E-state index < -0.39 is 46.4 Å². The van der Waals surface area contributed by atoms with E-state index in [1.807, 2.05) is 13.0 Å². The highest BCUT2D eigenvalue weighted by Crippen LogP contribution is 2.59. The summed E-state index contributed by atoms with van der Waals surface area (Å²) in [4.78, 5) is 25.9. The van der Waals surface area contributed by atoms with Crippen molar-refractivity contribution in [1.82, 2.24) is 0 Å². The average Bonchev–Trinajstić information content (AvgIpc) is 2.92. The molecule has 36 heavy (non-hydrogen) atoms. The van der Waals surface area contributed by atoms with E-state index in [1.165, 1.54) is 24.3 Å². The Morgan fingerprint density at radius 1 is 0.944 bits per heavy atom. The second-order valence-corrected chi connectivity index (χ2v) is 8.03. The van der Waals surface area contributed by atoms with Gasteiger partial charge in [-0.25, -0.2) is 4.79 Å². The lowest BCUT2D eigenvalue weighted by atomic mass is 9.54. The van der Waals surface area contributed by atoms with Crippen LogP contribution in [-0.4, -0.2) is 37.9 Å². The zero-order valence-corrected chi connectivity index (χ0v) is 19.9. The van der Waals surface area contributed by atoms with E-state index in [-0.39, 0.29) is 0 Å². The second kappa shape index (κ2) is 10.6. The molecule has 2 aromatic carbocycles. The molecule has 0 aliphatic heterocycles. The summed E-state index contributed by atoms with van der Waals surface area (Å²) >= 11 is 0. The molecule has 0 heterocycles. The van der Waals surface area contributed by atoms with Gasteiger partial charge in [0.1, 0.15) is 17.4 Å². The van der Waals surface area contributed by atoms with Gasteiger partial charge < -0.3 is 19.3 Å². The van der Waals surface area contributed by atoms with E-state index in [4.69, 9.17) is 14.2 Å². The predicted molar refractivity (Wildman–Crippen MR) is 125 cm³/mol. The summed E-state index contributed by atoms with van der Waals surface area (Å²) < 4.78 is 15.3. The zero-order valence-electron chi connectivity index (χ0n) is 19.9. The van der Waals surface area contributed by atoms with Gasteiger partial charge in [0.2, 0.25) is 0 Å². The molecule has 0 radical (unpaired) electrons. The van der Waals surface area contributed by atoms with E-state index in [0.717, 1.165) is 14.2 Å². The topological polar surface area (TPSA) is 153 Å². The molecule has 3 atom stereocenters. The smallest absolute Gasteiger partial charge is 0.337 e. The van der Waals surface area contributed by atoms with Crippen molar-refractivity contribution >= 4 is 11.9 Å². The fourth-order valence-electron chi connectivity index (χ4n) is 4.72. The SMILES string of the molecule is CCOc1ccc([C@@H]2[C@H](C(=O)OC)C(O)=C(C(=O)OC)[C@H](c3ccc(C#N)cc3)C2(C#N)C#N)cc1. The lowest BCUT2D eigenvalue weighted by Crippen LogP contribution is -2.47. The van der Waals surface area contributed by atoms with Crippen LogP contribution in [0.15, 0.2) is 59.9 Å². The third kappa shape index (κ3) is 4.21. The van der Waals surface area contributed by atoms with Crippen molar-refractivity contribution in [1.29, 1.82) is 15.8 Å². The minimum atomic E-state index is -2.06. The number of aliphatic hydroxyl groups excluding tert-OH is 1. The number of esters is 2. The molecule has 1 aliphatic rings. The van der Waals surface area contributed by atoms with Crippen molar-refractivity contribution in [3.63, 3.8) is 0 Å². The van der Waals surface area contributed by atoms with Crippen molar-refractivity contribution in [2.45, 2.75) is 18.8 Å². The molecule has 1 aliphatic carbocycles. The lowest BCUT2D eigenvalue weighted by molar-refractivity contribution is -0.147. The van der Waals surface area contributed by atoms with Gasteiger partial charge in [-0.3, -0.25) is 4.79 Å². The number of nitrogens with zero attached hydrogens (tertiary/aromatic N) is 3. The van der Waals surface area contributed by atoms with Crippen molar-refractivity contribution in [2.75, 3.05) is 20.8 Å². The third-order valence-electron chi connectivity index (χ3n) is 6.29. The Balaban J connectivity index is 2.42. The summed E-state index contributed by atoms with van der Waals surface area (Å²) in [5.74, 6) is -6.14. The summed E-state index contributed by atoms with van der Waals surface area (Å²) in [6.07, 6.45) is 0. The Labute approximate surface area is 208 Å². The van der Waals surface area contributed by atoms with Gasteiger partial charge in [-0.1, -0.05) is 24.3 Å². The van der Waals surface area contributed by atoms with Crippen molar-refractivity contribution < 1.29 is 28.9 Å². The average molecular weight is 485 g/mol. The lowest BCUT2D eigenvalue weighted by Gasteiger charge is -2.44. The van der Waals surface area contributed by atoms with Crippen molar-refractivity contribution in [2.24, 2.45) is 11.3 Å². The fraction of sp³-hybridized carbons (Fsp3) is 0.296. The Hall–Kier alpha value is -4.81. The van der Waals surface area contributed by atoms with E-state index in [0.29, 0.717) is 29.0 Å². The number of rotatable bonds is 6. The maximum atomic E-state index is 13.0. The van der Waals surface area contributed by atoms with E-state index >= 15 is 0 Å². The first kappa shape index (κ1) is 25.8. The van der Waals surface area contributed by atoms with Gasteiger partial charge in [0.15, 0.2) is 5.41 Å². The molecule has 0 saturated heterocycles. The highest BCUT2D eigenvalue weighted by molar-refractivity contribution is 5.94. The summed E-state index contributed by atoms with van der Waals surface area (Å²) in [6.45, 7) is 2.23. The van der Waals surface area contributed by atoms with E-state index in [1.54, 1.807) is 24.3 Å². The van der Waals surface area contributed by atoms with Crippen LogP contribution in [0.4, 0.5) is 0 Å². The standard InChI is InChI=1S/C27H23N3O6/c1-4-36-19-11-9-18(10-12-19)23-21(26(33)35-3)24(31)20(25(32)34-2)22(27(23,14-29)15-30)17-7-5-16(13-28)6-8-17/h5-12,21-23,31H,4H2,1-3H3/t21-,22-,23+/m0/s1. The number of benzene rings is 2. The molecule has 2 aromatic rings. The van der Waals surface area contributed by atoms with Crippen LogP contribution < -0.4 is 4.74 Å². The van der Waals surface area contributed by atoms with Crippen molar-refractivity contribution in [3.05, 3.63) is 76.6 Å². The van der Waals surface area contributed by atoms with Gasteiger partial charge in [0.25, 0.3) is 0 Å². The monoisotopic (exact) mass is 485 g/mol. The number of ether oxygens (including phenoxy) is 3. The first-order chi connectivity index (χ1) is 17.3. The fourth-order valence-corrected chi connectivity index (χ4v) is 4.72. The first-order valence-electron chi connectivity index (χ1n) is 11.0. The molecule has 9 heteroatoms. The molecular weight excluding hydrogens is 462 g/mol. The molecule has 1 N–H and O–H groups in total. The maximum Gasteiger partial charge on any atom is 0.337 e. The molecular formula is C27H23N3O6. The number of aliphatic hydroxyl groups is 1. The molecule has 0 unspecified atom stereocenters. The van der Waals surface area contributed by atoms with Gasteiger partial charge in [0, 0.05) is 5.92 Å². The Morgan fingerprint density at radius 3 is 2.00 bits per heavy atom. The van der Waals surface area contributed by atoms with E-state index in [2.05, 4.69) is 12.1 Å². The summed E-state index contributed by atoms with van der Waals surface area (Å²) in [7, 11) is 2.19. The quantitative estimate of drug-likeness (QED) is 0.604. The van der Waals surface area contributed by atoms with Gasteiger partial charge in [-0.2, -0.15) is 15.8 Å². The normalized spacial score (nSPS) is 20.3. The second-order valence-electron chi connectivity index (χ2n) is 8.03. The minimum absolute atomic E-state index is 0.309. The molecule has 9 nitrogen and oxygen atoms in total. The van der Waals surface area contributed by atoms with Crippen LogP contribution in [0.5, 0.6) is 5.75 Å². The predicted octanol–water partition coefficient (Wildman–Crippen LogP) is 3.65. The Kier molecular flexibility index (Phi) is 7.62. The Bertz CT molecular complexity index is 1300. The largest absolute Gasteiger partial charge is 0.511 e. The van der Waals surface area contributed by atoms with Gasteiger partial charge in [0.05, 0.1) is 56.1 Å². The number of carbonyl (C=O) groups is 2. The van der Waals surface area contributed by atoms with Crippen LogP contribution in [0.2, 0.25) is 0 Å². The van der Waals surface area contributed by atoms with Crippen molar-refractivity contribution in [3.8, 4) is 24.0 Å². The number of carbonyl (C=O) groups excluding carboxylic acids is 2. The van der Waals surface area contributed by atoms with E-state index in [9.17, 15) is 30.5 Å². The van der Waals surface area contributed by atoms with Gasteiger partial charge >= 0.3 is 11.9 Å². The molecule has 0 fully saturated rings. The number of hydrogen-bond acceptors (Lipinski definition) is 9. The number of nitriles is 3. The van der Waals surface area contributed by atoms with Crippen LogP contribution in [0.1, 0.15) is 35.4 Å². The summed E-state index contributed by atoms with van der Waals surface area (Å²) in [6, 6.07) is 18.5. The van der Waals surface area contributed by atoms with Crippen LogP contribution in [0, 0.1) is 45.3 Å². The first-order valence-corrected chi connectivity index (χ1v) is 11.0. The number of hydrogen-bond donors (Lipinski definition) is 1. The molecule has 0 amide bonds. The van der Waals surface area contributed by atoms with Crippen LogP contribution in [-0.2, 0) is 19.1 Å². The molecule has 3 rings (SSSR count). The minimum Gasteiger partial charge on any atom is -0.511 e. The molecule has 0 spiro atoms. The van der Waals surface area contributed by atoms with Crippen LogP contribution >= 0.6 is 0 Å². The van der Waals surface area contributed by atoms with Gasteiger partial charge in [-0.15, -0.1) is 0 Å². The van der Waals surface area contributed by atoms with Gasteiger partial charge in [-0.05, 0) is 42.3 Å². The molecule has 0 bridgehead atoms. The van der Waals surface area contributed by atoms with Crippen LogP contribution in [0.25, 0.3) is 0 Å². The van der Waals surface area contributed by atoms with Crippen LogP contribution in [0.3, 0.4) is 0 Å². The Morgan fingerprint density at radius 2 is 1.53 bits per heavy atom. The zero-order chi connectivity index (χ0) is 26.5. The maximum absolute atomic E-state index is 13.0. The molecule has 0 aromatic heterocycles. The summed E-state index contributed by atoms with van der Waals surface area (Å²) in [5, 5.41) is 41.6. The third-order valence-corrected chi connectivity index (χ3v) is 6.29. The highest BCUT2D eigenvalue weighted by atomic mass is 16.5. The molecule has 182 valence electrons.